The highest BCUT2D eigenvalue weighted by molar-refractivity contribution is 7.92. The normalized spacial score (nSPS) is 12.9. The first-order valence-corrected chi connectivity index (χ1v) is 9.30. The molecule has 0 amide bonds. The van der Waals surface area contributed by atoms with E-state index >= 15 is 0 Å². The minimum Gasteiger partial charge on any atom is -0.454 e. The number of pyridine rings is 1. The number of nitrogens with zero attached hydrogens (tertiary/aromatic N) is 1. The molecule has 8 heteroatoms. The molecule has 1 aromatic heterocycles. The maximum Gasteiger partial charge on any atom is 0.233 e. The second-order valence-corrected chi connectivity index (χ2v) is 7.24. The number of nitrogens with one attached hydrogen (secondary N) is 2. The van der Waals surface area contributed by atoms with Crippen molar-refractivity contribution in [2.24, 2.45) is 0 Å². The molecule has 0 bridgehead atoms. The van der Waals surface area contributed by atoms with Crippen molar-refractivity contribution in [1.82, 2.24) is 4.98 Å². The van der Waals surface area contributed by atoms with Crippen LogP contribution in [0.25, 0.3) is 0 Å². The van der Waals surface area contributed by atoms with Crippen LogP contribution in [0, 0.1) is 0 Å². The molecular formula is C16H19N3O4S. The van der Waals surface area contributed by atoms with Gasteiger partial charge < -0.3 is 14.8 Å². The number of sulfonamides is 1. The number of hydrogen-bond acceptors (Lipinski definition) is 6. The van der Waals surface area contributed by atoms with E-state index in [4.69, 9.17) is 9.47 Å². The van der Waals surface area contributed by atoms with Gasteiger partial charge in [0.25, 0.3) is 0 Å². The number of aromatic nitrogens is 1. The van der Waals surface area contributed by atoms with Gasteiger partial charge in [-0.25, -0.2) is 13.4 Å². The van der Waals surface area contributed by atoms with Gasteiger partial charge in [0, 0.05) is 6.54 Å². The van der Waals surface area contributed by atoms with Crippen LogP contribution in [-0.2, 0) is 16.6 Å². The summed E-state index contributed by atoms with van der Waals surface area (Å²) in [7, 11) is -3.32. The molecule has 2 heterocycles. The van der Waals surface area contributed by atoms with E-state index in [1.54, 1.807) is 18.3 Å². The third-order valence-electron chi connectivity index (χ3n) is 3.43. The quantitative estimate of drug-likeness (QED) is 0.798. The summed E-state index contributed by atoms with van der Waals surface area (Å²) in [6.45, 7) is 2.67. The Hall–Kier alpha value is -2.48. The van der Waals surface area contributed by atoms with Crippen LogP contribution in [0.4, 0.5) is 11.5 Å². The highest BCUT2D eigenvalue weighted by Gasteiger charge is 2.13. The SMILES string of the molecule is CCCS(=O)(=O)Nc1ccc(NCc2ccc3c(c2)OCO3)cn1. The van der Waals surface area contributed by atoms with E-state index < -0.39 is 10.0 Å². The Morgan fingerprint density at radius 2 is 2.00 bits per heavy atom. The maximum absolute atomic E-state index is 11.7. The number of rotatable bonds is 7. The van der Waals surface area contributed by atoms with Crippen LogP contribution >= 0.6 is 0 Å². The Labute approximate surface area is 141 Å². The van der Waals surface area contributed by atoms with E-state index in [1.807, 2.05) is 25.1 Å². The van der Waals surface area contributed by atoms with Gasteiger partial charge in [-0.3, -0.25) is 4.72 Å². The third-order valence-corrected chi connectivity index (χ3v) is 4.90. The summed E-state index contributed by atoms with van der Waals surface area (Å²) in [5.74, 6) is 1.90. The molecule has 0 saturated heterocycles. The lowest BCUT2D eigenvalue weighted by Gasteiger charge is -2.09. The molecule has 2 N–H and O–H groups in total. The van der Waals surface area contributed by atoms with Crippen LogP contribution < -0.4 is 19.5 Å². The van der Waals surface area contributed by atoms with Crippen molar-refractivity contribution in [3.05, 3.63) is 42.1 Å². The summed E-state index contributed by atoms with van der Waals surface area (Å²) in [6.07, 6.45) is 2.15. The Kier molecular flexibility index (Phi) is 4.75. The fraction of sp³-hybridized carbons (Fsp3) is 0.312. The zero-order valence-electron chi connectivity index (χ0n) is 13.3. The first kappa shape index (κ1) is 16.4. The maximum atomic E-state index is 11.7. The van der Waals surface area contributed by atoms with Crippen molar-refractivity contribution in [3.63, 3.8) is 0 Å². The molecule has 7 nitrogen and oxygen atoms in total. The number of hydrogen-bond donors (Lipinski definition) is 2. The van der Waals surface area contributed by atoms with Gasteiger partial charge in [0.1, 0.15) is 5.82 Å². The van der Waals surface area contributed by atoms with Crippen molar-refractivity contribution >= 4 is 21.5 Å². The van der Waals surface area contributed by atoms with Gasteiger partial charge in [0.15, 0.2) is 11.5 Å². The number of anilines is 2. The van der Waals surface area contributed by atoms with Crippen LogP contribution in [0.2, 0.25) is 0 Å². The molecule has 0 aliphatic carbocycles. The minimum atomic E-state index is -3.32. The number of ether oxygens (including phenoxy) is 2. The molecular weight excluding hydrogens is 330 g/mol. The van der Waals surface area contributed by atoms with Gasteiger partial charge in [-0.1, -0.05) is 13.0 Å². The zero-order valence-corrected chi connectivity index (χ0v) is 14.1. The molecule has 0 atom stereocenters. The molecule has 1 aliphatic heterocycles. The molecule has 0 spiro atoms. The van der Waals surface area contributed by atoms with E-state index in [1.165, 1.54) is 0 Å². The van der Waals surface area contributed by atoms with Gasteiger partial charge in [-0.2, -0.15) is 0 Å². The van der Waals surface area contributed by atoms with Gasteiger partial charge in [0.2, 0.25) is 16.8 Å². The lowest BCUT2D eigenvalue weighted by atomic mass is 10.2. The summed E-state index contributed by atoms with van der Waals surface area (Å²) < 4.78 is 36.5. The first-order chi connectivity index (χ1) is 11.6. The van der Waals surface area contributed by atoms with E-state index in [0.717, 1.165) is 22.7 Å². The second-order valence-electron chi connectivity index (χ2n) is 5.39. The van der Waals surface area contributed by atoms with Gasteiger partial charge in [-0.15, -0.1) is 0 Å². The highest BCUT2D eigenvalue weighted by atomic mass is 32.2. The fourth-order valence-corrected chi connectivity index (χ4v) is 3.37. The molecule has 0 fully saturated rings. The Morgan fingerprint density at radius 1 is 1.17 bits per heavy atom. The third kappa shape index (κ3) is 4.08. The molecule has 0 unspecified atom stereocenters. The van der Waals surface area contributed by atoms with Crippen LogP contribution in [0.5, 0.6) is 11.5 Å². The topological polar surface area (TPSA) is 89.6 Å². The van der Waals surface area contributed by atoms with E-state index in [9.17, 15) is 8.42 Å². The van der Waals surface area contributed by atoms with Gasteiger partial charge >= 0.3 is 0 Å². The van der Waals surface area contributed by atoms with Crippen LogP contribution in [0.1, 0.15) is 18.9 Å². The predicted octanol–water partition coefficient (Wildman–Crippen LogP) is 2.57. The molecule has 0 saturated carbocycles. The second kappa shape index (κ2) is 6.96. The predicted molar refractivity (Wildman–Crippen MR) is 91.8 cm³/mol. The average molecular weight is 349 g/mol. The summed E-state index contributed by atoms with van der Waals surface area (Å²) in [5, 5.41) is 3.23. The standard InChI is InChI=1S/C16H19N3O4S/c1-2-7-24(20,21)19-16-6-4-13(10-18-16)17-9-12-3-5-14-15(8-12)23-11-22-14/h3-6,8,10,17H,2,7,9,11H2,1H3,(H,18,19). The Balaban J connectivity index is 1.58. The van der Waals surface area contributed by atoms with Crippen molar-refractivity contribution in [3.8, 4) is 11.5 Å². The molecule has 3 rings (SSSR count). The minimum absolute atomic E-state index is 0.0821. The summed E-state index contributed by atoms with van der Waals surface area (Å²) in [4.78, 5) is 4.12. The lowest BCUT2D eigenvalue weighted by molar-refractivity contribution is 0.174. The number of benzene rings is 1. The van der Waals surface area contributed by atoms with Crippen molar-refractivity contribution in [1.29, 1.82) is 0 Å². The number of fused-ring (bicyclic) bond motifs is 1. The monoisotopic (exact) mass is 349 g/mol. The smallest absolute Gasteiger partial charge is 0.233 e. The van der Waals surface area contributed by atoms with Gasteiger partial charge in [0.05, 0.1) is 17.6 Å². The van der Waals surface area contributed by atoms with Crippen molar-refractivity contribution in [2.45, 2.75) is 19.9 Å². The van der Waals surface area contributed by atoms with Crippen LogP contribution in [0.15, 0.2) is 36.5 Å². The molecule has 2 aromatic rings. The summed E-state index contributed by atoms with van der Waals surface area (Å²) >= 11 is 0. The summed E-state index contributed by atoms with van der Waals surface area (Å²) in [5.41, 5.74) is 1.85. The van der Waals surface area contributed by atoms with E-state index in [0.29, 0.717) is 18.8 Å². The van der Waals surface area contributed by atoms with Crippen molar-refractivity contribution in [2.75, 3.05) is 22.6 Å². The lowest BCUT2D eigenvalue weighted by Crippen LogP contribution is -2.16. The molecule has 0 radical (unpaired) electrons. The Bertz CT molecular complexity index is 807. The van der Waals surface area contributed by atoms with Crippen LogP contribution in [0.3, 0.4) is 0 Å². The van der Waals surface area contributed by atoms with Gasteiger partial charge in [-0.05, 0) is 36.2 Å². The molecule has 1 aliphatic rings. The summed E-state index contributed by atoms with van der Waals surface area (Å²) in [6, 6.07) is 9.18. The molecule has 128 valence electrons. The fourth-order valence-electron chi connectivity index (χ4n) is 2.29. The van der Waals surface area contributed by atoms with Crippen molar-refractivity contribution < 1.29 is 17.9 Å². The highest BCUT2D eigenvalue weighted by Crippen LogP contribution is 2.32. The molecule has 24 heavy (non-hydrogen) atoms. The van der Waals surface area contributed by atoms with Crippen LogP contribution in [-0.4, -0.2) is 25.9 Å². The Morgan fingerprint density at radius 3 is 2.75 bits per heavy atom. The largest absolute Gasteiger partial charge is 0.454 e. The molecule has 1 aromatic carbocycles. The van der Waals surface area contributed by atoms with E-state index in [2.05, 4.69) is 15.0 Å². The average Bonchev–Trinajstić information content (AvgIpc) is 3.01. The first-order valence-electron chi connectivity index (χ1n) is 7.65. The van der Waals surface area contributed by atoms with E-state index in [-0.39, 0.29) is 12.5 Å². The zero-order chi connectivity index (χ0) is 17.0.